The highest BCUT2D eigenvalue weighted by Crippen LogP contribution is 2.38. The molecule has 3 N–H and O–H groups in total. The standard InChI is InChI=1S/C36H34N4OS.C33H34N4OS.C33H34N4O/c1-4-33-39-34-24(2)19-25(3)38-35(34)40(33)23-27-15-17-28(18-16-27)31-21-30(20-26-11-7-5-8-12-26)42-32(31)22-37-36(41)29-13-9-6-10-14-29;1-4-30-36-31-21(2)16-22(3)35-32(31)37(30)20-24-10-12-25(13-11-24)28-18-27(17-23-8-6-5-7-9-23)39-29(28)19-34-33(38)26-14-15-26;1-5-31-36-32-22(2)17-23(3)35-33(32)37(31)21-26-11-14-28(15-12-26)30-19-27(18-25-9-7-6-8-10-25)13-16-29(30)20-34-24(4)38/h5-19,21H,4,20,22-23H2,1-3H3,(H,37,41);5-13,16,18,26H,4,14-15,17,19-20H2,1-3H3,(H,34,38);6-17,19H,5,18,20-21H2,1-4H3,(H,34,38). The molecule has 1 fully saturated rings. The highest BCUT2D eigenvalue weighted by Gasteiger charge is 2.30. The molecule has 1 aliphatic carbocycles. The van der Waals surface area contributed by atoms with Crippen LogP contribution in [0.15, 0.2) is 243 Å². The van der Waals surface area contributed by atoms with Crippen LogP contribution in [0.2, 0.25) is 0 Å². The second-order valence-electron chi connectivity index (χ2n) is 31.3. The van der Waals surface area contributed by atoms with E-state index in [0.717, 1.165) is 172 Å². The van der Waals surface area contributed by atoms with E-state index in [1.807, 2.05) is 63.2 Å². The molecule has 8 aromatic heterocycles. The lowest BCUT2D eigenvalue weighted by atomic mass is 9.94. The Bertz CT molecular complexity index is 6260. The number of aryl methyl sites for hydroxylation is 9. The maximum Gasteiger partial charge on any atom is 0.251 e. The number of carbonyl (C=O) groups excluding carboxylic acids is 3. The van der Waals surface area contributed by atoms with Gasteiger partial charge in [0.15, 0.2) is 16.9 Å². The van der Waals surface area contributed by atoms with E-state index in [0.29, 0.717) is 25.2 Å². The number of hydrogen-bond donors (Lipinski definition) is 3. The number of benzene rings is 8. The van der Waals surface area contributed by atoms with E-state index < -0.39 is 0 Å². The number of thiophene rings is 2. The first kappa shape index (κ1) is 81.6. The molecule has 0 aliphatic heterocycles. The van der Waals surface area contributed by atoms with E-state index in [2.05, 4.69) is 271 Å². The van der Waals surface area contributed by atoms with Gasteiger partial charge in [-0.25, -0.2) is 29.9 Å². The van der Waals surface area contributed by atoms with Crippen molar-refractivity contribution < 1.29 is 14.4 Å². The van der Waals surface area contributed by atoms with Gasteiger partial charge < -0.3 is 29.7 Å². The zero-order valence-corrected chi connectivity index (χ0v) is 71.3. The Balaban J connectivity index is 0.000000140. The Labute approximate surface area is 705 Å². The number of aromatic nitrogens is 9. The largest absolute Gasteiger partial charge is 0.352 e. The van der Waals surface area contributed by atoms with Crippen molar-refractivity contribution in [1.82, 2.24) is 59.6 Å². The molecule has 0 unspecified atom stereocenters. The van der Waals surface area contributed by atoms with E-state index in [1.54, 1.807) is 29.6 Å². The number of hydrogen-bond acceptors (Lipinski definition) is 11. The molecule has 3 amide bonds. The summed E-state index contributed by atoms with van der Waals surface area (Å²) < 4.78 is 6.75. The predicted molar refractivity (Wildman–Crippen MR) is 485 cm³/mol. The lowest BCUT2D eigenvalue weighted by Crippen LogP contribution is -2.23. The van der Waals surface area contributed by atoms with Gasteiger partial charge in [0.25, 0.3) is 5.91 Å². The summed E-state index contributed by atoms with van der Waals surface area (Å²) in [4.78, 5) is 71.0. The molecule has 600 valence electrons. The molecule has 8 heterocycles. The predicted octanol–water partition coefficient (Wildman–Crippen LogP) is 21.5. The molecular formula is C102H102N12O3S2. The topological polar surface area (TPSA) is 179 Å². The second kappa shape index (κ2) is 37.4. The van der Waals surface area contributed by atoms with Crippen LogP contribution in [0.1, 0.15) is 166 Å². The fraction of sp³-hybridized carbons (Fsp3) is 0.245. The minimum Gasteiger partial charge on any atom is -0.352 e. The van der Waals surface area contributed by atoms with Crippen LogP contribution in [-0.2, 0) is 87.4 Å². The third-order valence-corrected chi connectivity index (χ3v) is 24.3. The minimum atomic E-state index is -0.0618. The fourth-order valence-corrected chi connectivity index (χ4v) is 18.1. The maximum absolute atomic E-state index is 12.8. The van der Waals surface area contributed by atoms with Gasteiger partial charge in [-0.2, -0.15) is 0 Å². The Morgan fingerprint density at radius 3 is 1.11 bits per heavy atom. The first-order chi connectivity index (χ1) is 57.9. The van der Waals surface area contributed by atoms with Crippen molar-refractivity contribution in [2.75, 3.05) is 0 Å². The Morgan fingerprint density at radius 2 is 0.731 bits per heavy atom. The fourth-order valence-electron chi connectivity index (χ4n) is 15.8. The molecule has 1 saturated carbocycles. The van der Waals surface area contributed by atoms with Gasteiger partial charge in [-0.05, 0) is 198 Å². The molecule has 0 atom stereocenters. The summed E-state index contributed by atoms with van der Waals surface area (Å²) in [6, 6.07) is 84.8. The average molecular weight is 1610 g/mol. The van der Waals surface area contributed by atoms with Crippen molar-refractivity contribution in [2.45, 2.75) is 160 Å². The van der Waals surface area contributed by atoms with Crippen molar-refractivity contribution in [3.8, 4) is 33.4 Å². The molecule has 0 saturated heterocycles. The van der Waals surface area contributed by atoms with Crippen LogP contribution in [-0.4, -0.2) is 61.3 Å². The van der Waals surface area contributed by atoms with Gasteiger partial charge in [0.2, 0.25) is 11.8 Å². The van der Waals surface area contributed by atoms with Gasteiger partial charge in [0.05, 0.1) is 32.7 Å². The van der Waals surface area contributed by atoms with Crippen molar-refractivity contribution in [2.24, 2.45) is 5.92 Å². The molecule has 119 heavy (non-hydrogen) atoms. The molecule has 1 aliphatic rings. The summed E-state index contributed by atoms with van der Waals surface area (Å²) in [5.74, 6) is 3.48. The number of amides is 3. The zero-order valence-electron chi connectivity index (χ0n) is 69.6. The summed E-state index contributed by atoms with van der Waals surface area (Å²) in [6.45, 7) is 24.2. The van der Waals surface area contributed by atoms with Crippen LogP contribution >= 0.6 is 22.7 Å². The number of carbonyl (C=O) groups is 3. The Hall–Kier alpha value is -12.6. The van der Waals surface area contributed by atoms with Crippen molar-refractivity contribution in [3.05, 3.63) is 363 Å². The van der Waals surface area contributed by atoms with Crippen molar-refractivity contribution in [1.29, 1.82) is 0 Å². The van der Waals surface area contributed by atoms with Crippen LogP contribution in [0.25, 0.3) is 66.9 Å². The third-order valence-electron chi connectivity index (χ3n) is 22.0. The van der Waals surface area contributed by atoms with Crippen LogP contribution in [0.4, 0.5) is 0 Å². The number of imidazole rings is 3. The van der Waals surface area contributed by atoms with E-state index >= 15 is 0 Å². The van der Waals surface area contributed by atoms with Gasteiger partial charge in [0, 0.05) is 93.6 Å². The Kier molecular flexibility index (Phi) is 25.6. The van der Waals surface area contributed by atoms with E-state index in [-0.39, 0.29) is 23.6 Å². The molecule has 15 nitrogen and oxygen atoms in total. The number of pyridine rings is 3. The van der Waals surface area contributed by atoms with Crippen LogP contribution in [0, 0.1) is 47.5 Å². The lowest BCUT2D eigenvalue weighted by Gasteiger charge is -2.14. The first-order valence-electron chi connectivity index (χ1n) is 41.5. The highest BCUT2D eigenvalue weighted by atomic mass is 32.1. The summed E-state index contributed by atoms with van der Waals surface area (Å²) >= 11 is 3.57. The molecule has 17 heteroatoms. The van der Waals surface area contributed by atoms with Crippen molar-refractivity contribution in [3.63, 3.8) is 0 Å². The number of rotatable bonds is 26. The Morgan fingerprint density at radius 1 is 0.370 bits per heavy atom. The van der Waals surface area contributed by atoms with E-state index in [1.165, 1.54) is 81.4 Å². The van der Waals surface area contributed by atoms with Crippen molar-refractivity contribution >= 4 is 73.9 Å². The normalized spacial score (nSPS) is 11.8. The monoisotopic (exact) mass is 1610 g/mol. The molecule has 8 aromatic carbocycles. The SMILES string of the molecule is CCc1nc2c(C)cc(C)nc2n1Cc1ccc(-c2cc(Cc3ccccc3)ccc2CNC(C)=O)cc1.CCc1nc2c(C)cc(C)nc2n1Cc1ccc(-c2cc(Cc3ccccc3)sc2CNC(=O)C2CC2)cc1.CCc1nc2c(C)cc(C)nc2n1Cc1ccc(-c2cc(Cc3ccccc3)sc2CNC(=O)c2ccccc2)cc1. The second-order valence-corrected chi connectivity index (χ2v) is 33.7. The smallest absolute Gasteiger partial charge is 0.251 e. The summed E-state index contributed by atoms with van der Waals surface area (Å²) in [7, 11) is 0. The summed E-state index contributed by atoms with van der Waals surface area (Å²) in [6.07, 6.45) is 7.23. The molecule has 0 bridgehead atoms. The zero-order chi connectivity index (χ0) is 82.6. The summed E-state index contributed by atoms with van der Waals surface area (Å²) in [5, 5.41) is 9.28. The van der Waals surface area contributed by atoms with Gasteiger partial charge in [-0.1, -0.05) is 221 Å². The van der Waals surface area contributed by atoms with Gasteiger partial charge in [-0.15, -0.1) is 22.7 Å². The molecule has 0 spiro atoms. The molecular weight excluding hydrogens is 1510 g/mol. The molecule has 17 rings (SSSR count). The van der Waals surface area contributed by atoms with Gasteiger partial charge in [0.1, 0.15) is 34.0 Å². The molecule has 0 radical (unpaired) electrons. The summed E-state index contributed by atoms with van der Waals surface area (Å²) in [5.41, 5.74) is 29.9. The molecule has 16 aromatic rings. The van der Waals surface area contributed by atoms with Crippen LogP contribution in [0.5, 0.6) is 0 Å². The van der Waals surface area contributed by atoms with E-state index in [9.17, 15) is 14.4 Å². The maximum atomic E-state index is 12.8. The number of fused-ring (bicyclic) bond motifs is 3. The minimum absolute atomic E-state index is 0.0296. The highest BCUT2D eigenvalue weighted by molar-refractivity contribution is 7.12. The quantitative estimate of drug-likeness (QED) is 0.0476. The number of nitrogens with one attached hydrogen (secondary N) is 3. The van der Waals surface area contributed by atoms with Crippen LogP contribution in [0.3, 0.4) is 0 Å². The lowest BCUT2D eigenvalue weighted by molar-refractivity contribution is -0.122. The first-order valence-corrected chi connectivity index (χ1v) is 43.1. The van der Waals surface area contributed by atoms with Crippen LogP contribution < -0.4 is 16.0 Å². The van der Waals surface area contributed by atoms with Gasteiger partial charge in [-0.3, -0.25) is 14.4 Å². The average Bonchev–Trinajstić information content (AvgIpc) is 1.64. The third kappa shape index (κ3) is 19.8. The van der Waals surface area contributed by atoms with E-state index in [4.69, 9.17) is 29.9 Å². The number of nitrogens with zero attached hydrogens (tertiary/aromatic N) is 9. The van der Waals surface area contributed by atoms with Gasteiger partial charge >= 0.3 is 0 Å².